The molecule has 3 rings (SSSR count). The predicted molar refractivity (Wildman–Crippen MR) is 84.1 cm³/mol. The number of aromatic nitrogens is 1. The topological polar surface area (TPSA) is 42.1 Å². The molecule has 5 heteroatoms. The van der Waals surface area contributed by atoms with E-state index < -0.39 is 0 Å². The quantitative estimate of drug-likeness (QED) is 0.565. The molecule has 106 valence electrons. The third-order valence-electron chi connectivity index (χ3n) is 3.13. The van der Waals surface area contributed by atoms with E-state index in [0.29, 0.717) is 15.8 Å². The molecule has 0 radical (unpaired) electrons. The molecule has 1 N–H and O–H groups in total. The summed E-state index contributed by atoms with van der Waals surface area (Å²) in [5, 5.41) is 1.82. The minimum absolute atomic E-state index is 0.170. The van der Waals surface area contributed by atoms with Crippen LogP contribution in [0.15, 0.2) is 48.7 Å². The Morgan fingerprint density at radius 2 is 1.95 bits per heavy atom. The van der Waals surface area contributed by atoms with Crippen LogP contribution in [0.5, 0.6) is 5.75 Å². The fourth-order valence-corrected chi connectivity index (χ4v) is 2.60. The minimum Gasteiger partial charge on any atom is -0.425 e. The number of rotatable bonds is 3. The fourth-order valence-electron chi connectivity index (χ4n) is 2.15. The van der Waals surface area contributed by atoms with Crippen molar-refractivity contribution in [2.24, 2.45) is 0 Å². The Morgan fingerprint density at radius 1 is 1.14 bits per heavy atom. The van der Waals surface area contributed by atoms with Crippen LogP contribution >= 0.6 is 23.2 Å². The summed E-state index contributed by atoms with van der Waals surface area (Å²) in [5.41, 5.74) is 1.88. The van der Waals surface area contributed by atoms with E-state index in [9.17, 15) is 4.79 Å². The second-order valence-corrected chi connectivity index (χ2v) is 5.43. The molecular weight excluding hydrogens is 309 g/mol. The van der Waals surface area contributed by atoms with Gasteiger partial charge in [-0.05, 0) is 29.8 Å². The van der Waals surface area contributed by atoms with Crippen LogP contribution in [0, 0.1) is 0 Å². The van der Waals surface area contributed by atoms with Gasteiger partial charge in [0.25, 0.3) is 0 Å². The molecule has 0 bridgehead atoms. The molecule has 0 aliphatic rings. The average Bonchev–Trinajstić information content (AvgIpc) is 2.85. The standard InChI is InChI=1S/C16H11Cl2NO2/c17-11-5-6-15(13(18)8-11)21-16(20)7-10-9-19-14-4-2-1-3-12(10)14/h1-6,8-9,19H,7H2. The molecule has 1 aromatic heterocycles. The van der Waals surface area contributed by atoms with E-state index in [1.165, 1.54) is 6.07 Å². The number of para-hydroxylation sites is 1. The number of hydrogen-bond acceptors (Lipinski definition) is 2. The molecule has 2 aromatic carbocycles. The molecule has 0 unspecified atom stereocenters. The predicted octanol–water partition coefficient (Wildman–Crippen LogP) is 4.62. The maximum absolute atomic E-state index is 12.0. The molecule has 0 saturated heterocycles. The first-order chi connectivity index (χ1) is 10.1. The van der Waals surface area contributed by atoms with Gasteiger partial charge in [0.15, 0.2) is 0 Å². The zero-order valence-corrected chi connectivity index (χ0v) is 12.4. The van der Waals surface area contributed by atoms with Gasteiger partial charge in [0.2, 0.25) is 0 Å². The summed E-state index contributed by atoms with van der Waals surface area (Å²) in [5.74, 6) is -0.0603. The molecule has 3 nitrogen and oxygen atoms in total. The molecule has 0 aliphatic heterocycles. The third-order valence-corrected chi connectivity index (χ3v) is 3.66. The number of esters is 1. The number of hydrogen-bond donors (Lipinski definition) is 1. The highest BCUT2D eigenvalue weighted by molar-refractivity contribution is 6.35. The van der Waals surface area contributed by atoms with Gasteiger partial charge in [0, 0.05) is 22.1 Å². The van der Waals surface area contributed by atoms with Crippen molar-refractivity contribution in [1.29, 1.82) is 0 Å². The molecule has 0 spiro atoms. The van der Waals surface area contributed by atoms with E-state index in [1.807, 2.05) is 30.5 Å². The molecule has 0 aliphatic carbocycles. The van der Waals surface area contributed by atoms with Crippen molar-refractivity contribution < 1.29 is 9.53 Å². The number of halogens is 2. The Morgan fingerprint density at radius 3 is 2.76 bits per heavy atom. The maximum Gasteiger partial charge on any atom is 0.315 e. The number of aromatic amines is 1. The minimum atomic E-state index is -0.371. The first-order valence-corrected chi connectivity index (χ1v) is 7.10. The highest BCUT2D eigenvalue weighted by Gasteiger charge is 2.12. The summed E-state index contributed by atoms with van der Waals surface area (Å²) < 4.78 is 5.28. The second kappa shape index (κ2) is 5.80. The van der Waals surface area contributed by atoms with Crippen LogP contribution in [-0.2, 0) is 11.2 Å². The molecule has 1 heterocycles. The largest absolute Gasteiger partial charge is 0.425 e. The number of carbonyl (C=O) groups is 1. The molecule has 0 fully saturated rings. The maximum atomic E-state index is 12.0. The first kappa shape index (κ1) is 14.0. The molecule has 0 saturated carbocycles. The van der Waals surface area contributed by atoms with E-state index in [4.69, 9.17) is 27.9 Å². The van der Waals surface area contributed by atoms with Crippen LogP contribution in [0.25, 0.3) is 10.9 Å². The van der Waals surface area contributed by atoms with Gasteiger partial charge in [-0.15, -0.1) is 0 Å². The number of ether oxygens (including phenoxy) is 1. The van der Waals surface area contributed by atoms with Crippen molar-refractivity contribution in [2.75, 3.05) is 0 Å². The summed E-state index contributed by atoms with van der Waals surface area (Å²) in [6.07, 6.45) is 1.98. The summed E-state index contributed by atoms with van der Waals surface area (Å²) in [7, 11) is 0. The van der Waals surface area contributed by atoms with E-state index in [-0.39, 0.29) is 12.4 Å². The van der Waals surface area contributed by atoms with Gasteiger partial charge in [-0.3, -0.25) is 4.79 Å². The van der Waals surface area contributed by atoms with Crippen LogP contribution in [0.1, 0.15) is 5.56 Å². The Hall–Kier alpha value is -1.97. The lowest BCUT2D eigenvalue weighted by Crippen LogP contribution is -2.11. The Kier molecular flexibility index (Phi) is 3.86. The normalized spacial score (nSPS) is 10.8. The van der Waals surface area contributed by atoms with Gasteiger partial charge in [-0.1, -0.05) is 41.4 Å². The zero-order valence-electron chi connectivity index (χ0n) is 10.9. The van der Waals surface area contributed by atoms with Gasteiger partial charge in [-0.25, -0.2) is 0 Å². The van der Waals surface area contributed by atoms with Crippen molar-refractivity contribution in [2.45, 2.75) is 6.42 Å². The van der Waals surface area contributed by atoms with E-state index in [1.54, 1.807) is 12.1 Å². The third kappa shape index (κ3) is 3.04. The van der Waals surface area contributed by atoms with Gasteiger partial charge in [-0.2, -0.15) is 0 Å². The van der Waals surface area contributed by atoms with Crippen LogP contribution in [0.2, 0.25) is 10.0 Å². The van der Waals surface area contributed by atoms with Gasteiger partial charge < -0.3 is 9.72 Å². The van der Waals surface area contributed by atoms with E-state index in [2.05, 4.69) is 4.98 Å². The molecule has 0 atom stereocenters. The SMILES string of the molecule is O=C(Cc1c[nH]c2ccccc12)Oc1ccc(Cl)cc1Cl. The van der Waals surface area contributed by atoms with Crippen molar-refractivity contribution in [1.82, 2.24) is 4.98 Å². The second-order valence-electron chi connectivity index (χ2n) is 4.59. The average molecular weight is 320 g/mol. The molecule has 3 aromatic rings. The summed E-state index contributed by atoms with van der Waals surface area (Å²) in [6.45, 7) is 0. The van der Waals surface area contributed by atoms with E-state index in [0.717, 1.165) is 16.5 Å². The number of nitrogens with one attached hydrogen (secondary N) is 1. The summed E-state index contributed by atoms with van der Waals surface area (Å²) in [6, 6.07) is 12.5. The number of benzene rings is 2. The number of fused-ring (bicyclic) bond motifs is 1. The fraction of sp³-hybridized carbons (Fsp3) is 0.0625. The Balaban J connectivity index is 1.77. The van der Waals surface area contributed by atoms with Crippen molar-refractivity contribution in [3.05, 3.63) is 64.3 Å². The van der Waals surface area contributed by atoms with Crippen LogP contribution < -0.4 is 4.74 Å². The monoisotopic (exact) mass is 319 g/mol. The highest BCUT2D eigenvalue weighted by Crippen LogP contribution is 2.28. The van der Waals surface area contributed by atoms with Gasteiger partial charge in [0.05, 0.1) is 11.4 Å². The number of carbonyl (C=O) groups excluding carboxylic acids is 1. The zero-order chi connectivity index (χ0) is 14.8. The Labute approximate surface area is 131 Å². The van der Waals surface area contributed by atoms with E-state index >= 15 is 0 Å². The lowest BCUT2D eigenvalue weighted by Gasteiger charge is -2.06. The molecular formula is C16H11Cl2NO2. The smallest absolute Gasteiger partial charge is 0.315 e. The van der Waals surface area contributed by atoms with Gasteiger partial charge >= 0.3 is 5.97 Å². The molecule has 21 heavy (non-hydrogen) atoms. The van der Waals surface area contributed by atoms with Crippen molar-refractivity contribution >= 4 is 40.1 Å². The number of H-pyrrole nitrogens is 1. The van der Waals surface area contributed by atoms with Crippen LogP contribution in [0.4, 0.5) is 0 Å². The lowest BCUT2D eigenvalue weighted by molar-refractivity contribution is -0.133. The Bertz CT molecular complexity index is 811. The van der Waals surface area contributed by atoms with Crippen LogP contribution in [-0.4, -0.2) is 11.0 Å². The molecule has 0 amide bonds. The summed E-state index contributed by atoms with van der Waals surface area (Å²) >= 11 is 11.8. The van der Waals surface area contributed by atoms with Gasteiger partial charge in [0.1, 0.15) is 5.75 Å². The summed E-state index contributed by atoms with van der Waals surface area (Å²) in [4.78, 5) is 15.2. The van der Waals surface area contributed by atoms with Crippen LogP contribution in [0.3, 0.4) is 0 Å². The first-order valence-electron chi connectivity index (χ1n) is 6.34. The van der Waals surface area contributed by atoms with Crippen molar-refractivity contribution in [3.63, 3.8) is 0 Å². The van der Waals surface area contributed by atoms with Crippen molar-refractivity contribution in [3.8, 4) is 5.75 Å². The lowest BCUT2D eigenvalue weighted by atomic mass is 10.1. The highest BCUT2D eigenvalue weighted by atomic mass is 35.5.